The second-order valence-electron chi connectivity index (χ2n) is 9.32. The monoisotopic (exact) mass is 551 g/mol. The molecule has 0 spiro atoms. The van der Waals surface area contributed by atoms with Crippen LogP contribution in [-0.4, -0.2) is 69.0 Å². The van der Waals surface area contributed by atoms with Crippen LogP contribution in [0.3, 0.4) is 0 Å². The van der Waals surface area contributed by atoms with E-state index in [2.05, 4.69) is 25.8 Å². The molecule has 1 aliphatic heterocycles. The van der Waals surface area contributed by atoms with Gasteiger partial charge in [0.2, 0.25) is 11.7 Å². The van der Waals surface area contributed by atoms with Gasteiger partial charge in [-0.05, 0) is 30.5 Å². The molecular formula is C24H25F4N7O2S. The van der Waals surface area contributed by atoms with Crippen molar-refractivity contribution >= 4 is 33.0 Å². The van der Waals surface area contributed by atoms with Crippen LogP contribution < -0.4 is 10.6 Å². The number of hydrogen-bond donors (Lipinski definition) is 2. The molecule has 1 aromatic carbocycles. The van der Waals surface area contributed by atoms with E-state index in [9.17, 15) is 22.4 Å². The Labute approximate surface area is 218 Å². The summed E-state index contributed by atoms with van der Waals surface area (Å²) in [4.78, 5) is 22.6. The average molecular weight is 552 g/mol. The van der Waals surface area contributed by atoms with E-state index in [1.807, 2.05) is 11.9 Å². The lowest BCUT2D eigenvalue weighted by atomic mass is 10.0. The van der Waals surface area contributed by atoms with Crippen LogP contribution in [-0.2, 0) is 20.0 Å². The van der Waals surface area contributed by atoms with E-state index in [1.165, 1.54) is 12.5 Å². The van der Waals surface area contributed by atoms with Crippen molar-refractivity contribution in [2.45, 2.75) is 37.8 Å². The number of carbonyl (C=O) groups excluding carboxylic acids is 1. The second kappa shape index (κ2) is 10.3. The highest BCUT2D eigenvalue weighted by atomic mass is 32.1. The molecule has 5 rings (SSSR count). The molecule has 4 heterocycles. The number of nitrogens with one attached hydrogen (secondary N) is 2. The van der Waals surface area contributed by atoms with Gasteiger partial charge in [0.15, 0.2) is 0 Å². The number of anilines is 1. The first-order valence-corrected chi connectivity index (χ1v) is 12.7. The van der Waals surface area contributed by atoms with E-state index in [0.717, 1.165) is 11.3 Å². The van der Waals surface area contributed by atoms with Crippen molar-refractivity contribution in [1.29, 1.82) is 0 Å². The molecule has 1 amide bonds. The summed E-state index contributed by atoms with van der Waals surface area (Å²) >= 11 is 1.09. The number of thiophene rings is 1. The molecule has 2 N–H and O–H groups in total. The first kappa shape index (κ1) is 26.1. The summed E-state index contributed by atoms with van der Waals surface area (Å²) in [5.41, 5.74) is 0.779. The number of halogens is 4. The van der Waals surface area contributed by atoms with Crippen molar-refractivity contribution < 1.29 is 26.9 Å². The van der Waals surface area contributed by atoms with Crippen molar-refractivity contribution in [2.24, 2.45) is 7.05 Å². The number of carbonyl (C=O) groups is 1. The van der Waals surface area contributed by atoms with Crippen molar-refractivity contribution in [1.82, 2.24) is 29.9 Å². The number of fused-ring (bicyclic) bond motifs is 1. The minimum Gasteiger partial charge on any atom is -0.378 e. The predicted octanol–water partition coefficient (Wildman–Crippen LogP) is 4.17. The van der Waals surface area contributed by atoms with E-state index in [-0.39, 0.29) is 40.9 Å². The number of imidazole rings is 1. The molecule has 202 valence electrons. The average Bonchev–Trinajstić information content (AvgIpc) is 3.58. The van der Waals surface area contributed by atoms with Gasteiger partial charge in [-0.15, -0.1) is 11.3 Å². The predicted molar refractivity (Wildman–Crippen MR) is 134 cm³/mol. The minimum absolute atomic E-state index is 0.0128. The van der Waals surface area contributed by atoms with Crippen LogP contribution >= 0.6 is 11.3 Å². The lowest BCUT2D eigenvalue weighted by Gasteiger charge is -2.33. The van der Waals surface area contributed by atoms with E-state index >= 15 is 0 Å². The number of amides is 1. The molecular weight excluding hydrogens is 526 g/mol. The molecule has 1 saturated heterocycles. The van der Waals surface area contributed by atoms with Crippen molar-refractivity contribution in [3.63, 3.8) is 0 Å². The van der Waals surface area contributed by atoms with Crippen LogP contribution in [0.2, 0.25) is 0 Å². The minimum atomic E-state index is -4.48. The van der Waals surface area contributed by atoms with Gasteiger partial charge in [-0.2, -0.15) is 18.2 Å². The highest BCUT2D eigenvalue weighted by Gasteiger charge is 2.33. The first-order valence-electron chi connectivity index (χ1n) is 11.9. The van der Waals surface area contributed by atoms with Gasteiger partial charge in [0.1, 0.15) is 11.9 Å². The van der Waals surface area contributed by atoms with Crippen LogP contribution in [0.1, 0.15) is 28.4 Å². The molecule has 1 fully saturated rings. The fourth-order valence-corrected chi connectivity index (χ4v) is 5.68. The van der Waals surface area contributed by atoms with Crippen molar-refractivity contribution in [3.8, 4) is 10.7 Å². The molecule has 4 aromatic rings. The molecule has 2 atom stereocenters. The van der Waals surface area contributed by atoms with Gasteiger partial charge >= 0.3 is 6.18 Å². The summed E-state index contributed by atoms with van der Waals surface area (Å²) in [6, 6.07) is 4.54. The van der Waals surface area contributed by atoms with Gasteiger partial charge in [0, 0.05) is 26.3 Å². The number of aryl methyl sites for hydroxylation is 1. The Bertz CT molecular complexity index is 1450. The summed E-state index contributed by atoms with van der Waals surface area (Å²) in [5.74, 6) is -0.438. The van der Waals surface area contributed by atoms with Crippen molar-refractivity contribution in [3.05, 3.63) is 47.9 Å². The largest absolute Gasteiger partial charge is 0.393 e. The molecule has 38 heavy (non-hydrogen) atoms. The van der Waals surface area contributed by atoms with Crippen LogP contribution in [0.4, 0.5) is 23.2 Å². The Morgan fingerprint density at radius 1 is 1.29 bits per heavy atom. The smallest absolute Gasteiger partial charge is 0.378 e. The number of aromatic nitrogens is 4. The number of likely N-dealkylation sites (tertiary alicyclic amines) is 1. The highest BCUT2D eigenvalue weighted by molar-refractivity contribution is 7.23. The van der Waals surface area contributed by atoms with Gasteiger partial charge in [-0.1, -0.05) is 17.3 Å². The number of piperidine rings is 1. The van der Waals surface area contributed by atoms with E-state index in [4.69, 9.17) is 4.52 Å². The fraction of sp³-hybridized carbons (Fsp3) is 0.417. The van der Waals surface area contributed by atoms with Crippen LogP contribution in [0.15, 0.2) is 35.2 Å². The highest BCUT2D eigenvalue weighted by Crippen LogP contribution is 2.43. The molecule has 0 bridgehead atoms. The maximum absolute atomic E-state index is 14.7. The number of benzene rings is 1. The zero-order chi connectivity index (χ0) is 27.0. The Kier molecular flexibility index (Phi) is 7.09. The third-order valence-electron chi connectivity index (χ3n) is 6.29. The normalized spacial score (nSPS) is 18.7. The number of nitrogens with zero attached hydrogens (tertiary/aromatic N) is 5. The molecule has 9 nitrogen and oxygen atoms in total. The quantitative estimate of drug-likeness (QED) is 0.333. The van der Waals surface area contributed by atoms with Crippen LogP contribution in [0.5, 0.6) is 0 Å². The van der Waals surface area contributed by atoms with E-state index in [1.54, 1.807) is 29.8 Å². The summed E-state index contributed by atoms with van der Waals surface area (Å²) in [7, 11) is 3.57. The fourth-order valence-electron chi connectivity index (χ4n) is 4.46. The Hall–Kier alpha value is -3.52. The lowest BCUT2D eigenvalue weighted by Crippen LogP contribution is -2.46. The third-order valence-corrected chi connectivity index (χ3v) is 7.57. The lowest BCUT2D eigenvalue weighted by molar-refractivity contribution is -0.126. The second-order valence-corrected chi connectivity index (χ2v) is 10.3. The Balaban J connectivity index is 1.43. The van der Waals surface area contributed by atoms with E-state index < -0.39 is 30.7 Å². The summed E-state index contributed by atoms with van der Waals surface area (Å²) < 4.78 is 62.9. The number of rotatable bonds is 7. The topological polar surface area (TPSA) is 101 Å². The van der Waals surface area contributed by atoms with Gasteiger partial charge in [-0.25, -0.2) is 9.37 Å². The molecule has 0 saturated carbocycles. The number of alkyl halides is 4. The van der Waals surface area contributed by atoms with Gasteiger partial charge in [0.25, 0.3) is 5.91 Å². The molecule has 0 aliphatic carbocycles. The summed E-state index contributed by atoms with van der Waals surface area (Å²) in [6.07, 6.45) is -3.19. The molecule has 0 unspecified atom stereocenters. The summed E-state index contributed by atoms with van der Waals surface area (Å²) in [5, 5.41) is 10.1. The van der Waals surface area contributed by atoms with E-state index in [0.29, 0.717) is 28.7 Å². The maximum atomic E-state index is 14.7. The SMILES string of the molecule is CN1CC[C@@H](Nc2cccc3c(CC(F)(F)F)c(-c4noc(CNC(=O)c5cn(C)cn5)n4)sc23)[C@@H](F)C1. The zero-order valence-corrected chi connectivity index (χ0v) is 21.4. The molecule has 1 aliphatic rings. The zero-order valence-electron chi connectivity index (χ0n) is 20.5. The standard InChI is InChI=1S/C24H25F4N7O2S/c1-34-7-6-16(15(25)10-34)31-17-5-3-4-13-14(8-24(26,27)28)21(38-20(13)17)22-32-19(37-33-22)9-29-23(36)18-11-35(2)12-30-18/h3-5,11-12,15-16,31H,6-10H2,1-2H3,(H,29,36)/t15-,16+/m0/s1. The summed E-state index contributed by atoms with van der Waals surface area (Å²) in [6.45, 7) is 0.874. The first-order chi connectivity index (χ1) is 18.1. The Morgan fingerprint density at radius 2 is 2.11 bits per heavy atom. The van der Waals surface area contributed by atoms with Gasteiger partial charge < -0.3 is 24.6 Å². The van der Waals surface area contributed by atoms with Gasteiger partial charge in [-0.3, -0.25) is 4.79 Å². The molecule has 0 radical (unpaired) electrons. The number of hydrogen-bond acceptors (Lipinski definition) is 8. The molecule has 3 aromatic heterocycles. The maximum Gasteiger partial charge on any atom is 0.393 e. The van der Waals surface area contributed by atoms with Crippen molar-refractivity contribution in [2.75, 3.05) is 25.5 Å². The van der Waals surface area contributed by atoms with Gasteiger partial charge in [0.05, 0.1) is 40.6 Å². The Morgan fingerprint density at radius 3 is 2.82 bits per heavy atom. The van der Waals surface area contributed by atoms with Crippen LogP contribution in [0, 0.1) is 0 Å². The molecule has 14 heteroatoms. The van der Waals surface area contributed by atoms with Crippen LogP contribution in [0.25, 0.3) is 20.8 Å². The third kappa shape index (κ3) is 5.65.